The van der Waals surface area contributed by atoms with E-state index < -0.39 is 0 Å². The van der Waals surface area contributed by atoms with Crippen LogP contribution in [0.15, 0.2) is 30.6 Å². The lowest BCUT2D eigenvalue weighted by Gasteiger charge is -2.39. The standard InChI is InChI=1S/C23H27N7O2/c1-15-10-23(14-32-15)5-7-29(8-6-23)21-19(13-31)27-22-18(26-21)12-25-30(22)17-4-3-16-11-24-28(2)20(16)9-17/h3-4,9,11-12,15,31H,5-8,10,13-14H2,1-2H3/t15-/m0/s1. The van der Waals surface area contributed by atoms with Crippen molar-refractivity contribution in [3.05, 3.63) is 36.3 Å². The zero-order valence-corrected chi connectivity index (χ0v) is 18.4. The summed E-state index contributed by atoms with van der Waals surface area (Å²) in [6.07, 6.45) is 7.22. The Balaban J connectivity index is 1.34. The van der Waals surface area contributed by atoms with Gasteiger partial charge in [-0.3, -0.25) is 4.68 Å². The van der Waals surface area contributed by atoms with Crippen LogP contribution in [0.25, 0.3) is 27.8 Å². The van der Waals surface area contributed by atoms with E-state index in [0.29, 0.717) is 22.9 Å². The highest BCUT2D eigenvalue weighted by molar-refractivity contribution is 5.82. The highest BCUT2D eigenvalue weighted by Gasteiger charge is 2.41. The summed E-state index contributed by atoms with van der Waals surface area (Å²) < 4.78 is 9.48. The molecule has 5 heterocycles. The lowest BCUT2D eigenvalue weighted by molar-refractivity contribution is 0.0975. The minimum absolute atomic E-state index is 0.161. The van der Waals surface area contributed by atoms with Gasteiger partial charge in [-0.25, -0.2) is 14.6 Å². The number of anilines is 1. The van der Waals surface area contributed by atoms with Gasteiger partial charge in [-0.05, 0) is 49.8 Å². The number of aliphatic hydroxyl groups excluding tert-OH is 1. The van der Waals surface area contributed by atoms with Gasteiger partial charge < -0.3 is 14.7 Å². The van der Waals surface area contributed by atoms with E-state index in [1.54, 1.807) is 10.9 Å². The van der Waals surface area contributed by atoms with Gasteiger partial charge in [0.1, 0.15) is 11.2 Å². The summed E-state index contributed by atoms with van der Waals surface area (Å²) in [6.45, 7) is 4.65. The predicted molar refractivity (Wildman–Crippen MR) is 121 cm³/mol. The molecule has 0 saturated carbocycles. The molecular weight excluding hydrogens is 406 g/mol. The smallest absolute Gasteiger partial charge is 0.182 e. The molecule has 9 heteroatoms. The van der Waals surface area contributed by atoms with Gasteiger partial charge in [0, 0.05) is 25.5 Å². The molecule has 6 rings (SSSR count). The van der Waals surface area contributed by atoms with Crippen molar-refractivity contribution in [1.82, 2.24) is 29.5 Å². The maximum Gasteiger partial charge on any atom is 0.182 e. The fourth-order valence-corrected chi connectivity index (χ4v) is 5.27. The number of fused-ring (bicyclic) bond motifs is 2. The molecule has 1 atom stereocenters. The zero-order valence-electron chi connectivity index (χ0n) is 18.4. The molecule has 0 amide bonds. The van der Waals surface area contributed by atoms with Crippen LogP contribution in [-0.4, -0.2) is 60.4 Å². The average Bonchev–Trinajstić information content (AvgIpc) is 3.50. The number of aryl methyl sites for hydroxylation is 1. The van der Waals surface area contributed by atoms with Crippen molar-refractivity contribution in [2.45, 2.75) is 38.9 Å². The maximum atomic E-state index is 10.1. The summed E-state index contributed by atoms with van der Waals surface area (Å²) in [6, 6.07) is 6.06. The third kappa shape index (κ3) is 3.07. The summed E-state index contributed by atoms with van der Waals surface area (Å²) >= 11 is 0. The van der Waals surface area contributed by atoms with E-state index in [0.717, 1.165) is 66.9 Å². The largest absolute Gasteiger partial charge is 0.390 e. The van der Waals surface area contributed by atoms with Gasteiger partial charge in [0.2, 0.25) is 0 Å². The van der Waals surface area contributed by atoms with E-state index in [2.05, 4.69) is 22.0 Å². The van der Waals surface area contributed by atoms with Crippen LogP contribution in [0.5, 0.6) is 0 Å². The molecular formula is C23H27N7O2. The van der Waals surface area contributed by atoms with E-state index in [1.807, 2.05) is 36.1 Å². The lowest BCUT2D eigenvalue weighted by atomic mass is 9.77. The molecule has 4 aromatic rings. The van der Waals surface area contributed by atoms with E-state index in [-0.39, 0.29) is 6.61 Å². The fraction of sp³-hybridized carbons (Fsp3) is 0.478. The van der Waals surface area contributed by atoms with E-state index >= 15 is 0 Å². The van der Waals surface area contributed by atoms with E-state index in [4.69, 9.17) is 14.7 Å². The summed E-state index contributed by atoms with van der Waals surface area (Å²) in [5.74, 6) is 0.767. The summed E-state index contributed by atoms with van der Waals surface area (Å²) in [4.78, 5) is 11.9. The first kappa shape index (κ1) is 19.6. The van der Waals surface area contributed by atoms with Crippen LogP contribution in [0.1, 0.15) is 31.9 Å². The number of nitrogens with zero attached hydrogens (tertiary/aromatic N) is 7. The van der Waals surface area contributed by atoms with Gasteiger partial charge >= 0.3 is 0 Å². The molecule has 32 heavy (non-hydrogen) atoms. The molecule has 0 unspecified atom stereocenters. The van der Waals surface area contributed by atoms with Gasteiger partial charge in [-0.2, -0.15) is 10.2 Å². The van der Waals surface area contributed by atoms with Crippen LogP contribution < -0.4 is 4.90 Å². The topological polar surface area (TPSA) is 94.1 Å². The van der Waals surface area contributed by atoms with Crippen LogP contribution in [-0.2, 0) is 18.4 Å². The lowest BCUT2D eigenvalue weighted by Crippen LogP contribution is -2.41. The summed E-state index contributed by atoms with van der Waals surface area (Å²) in [5.41, 5.74) is 4.16. The Bertz CT molecular complexity index is 1300. The average molecular weight is 434 g/mol. The number of piperidine rings is 1. The first-order valence-electron chi connectivity index (χ1n) is 11.2. The SMILES string of the molecule is C[C@H]1CC2(CCN(c3nc4cnn(-c5ccc6cnn(C)c6c5)c4nc3CO)CC2)CO1. The van der Waals surface area contributed by atoms with Crippen LogP contribution in [0.4, 0.5) is 5.82 Å². The first-order chi connectivity index (χ1) is 15.5. The molecule has 2 fully saturated rings. The van der Waals surface area contributed by atoms with E-state index in [1.165, 1.54) is 0 Å². The molecule has 0 bridgehead atoms. The minimum Gasteiger partial charge on any atom is -0.390 e. The molecule has 1 N–H and O–H groups in total. The molecule has 1 spiro atoms. The third-order valence-electron chi connectivity index (χ3n) is 7.10. The van der Waals surface area contributed by atoms with Gasteiger partial charge in [0.15, 0.2) is 11.5 Å². The number of benzene rings is 1. The van der Waals surface area contributed by atoms with Crippen LogP contribution in [0.2, 0.25) is 0 Å². The second kappa shape index (κ2) is 7.25. The Kier molecular flexibility index (Phi) is 4.44. The number of aliphatic hydroxyl groups is 1. The van der Waals surface area contributed by atoms with Crippen LogP contribution >= 0.6 is 0 Å². The Labute approximate surface area is 185 Å². The van der Waals surface area contributed by atoms with Crippen molar-refractivity contribution in [3.8, 4) is 5.69 Å². The van der Waals surface area contributed by atoms with Gasteiger partial charge in [-0.1, -0.05) is 0 Å². The highest BCUT2D eigenvalue weighted by Crippen LogP contribution is 2.42. The van der Waals surface area contributed by atoms with Crippen molar-refractivity contribution in [2.24, 2.45) is 12.5 Å². The Hall–Kier alpha value is -3.04. The van der Waals surface area contributed by atoms with Gasteiger partial charge in [0.05, 0.1) is 42.9 Å². The monoisotopic (exact) mass is 433 g/mol. The van der Waals surface area contributed by atoms with Gasteiger partial charge in [0.25, 0.3) is 0 Å². The van der Waals surface area contributed by atoms with Crippen molar-refractivity contribution >= 4 is 27.9 Å². The van der Waals surface area contributed by atoms with Crippen LogP contribution in [0, 0.1) is 5.41 Å². The molecule has 9 nitrogen and oxygen atoms in total. The molecule has 0 aliphatic carbocycles. The Morgan fingerprint density at radius 2 is 2.00 bits per heavy atom. The first-order valence-corrected chi connectivity index (χ1v) is 11.2. The number of aromatic nitrogens is 6. The second-order valence-electron chi connectivity index (χ2n) is 9.24. The number of hydrogen-bond acceptors (Lipinski definition) is 7. The molecule has 2 aliphatic heterocycles. The molecule has 166 valence electrons. The number of ether oxygens (including phenoxy) is 1. The normalized spacial score (nSPS) is 20.7. The summed E-state index contributed by atoms with van der Waals surface area (Å²) in [5, 5.41) is 20.1. The third-order valence-corrected chi connectivity index (χ3v) is 7.10. The molecule has 3 aromatic heterocycles. The quantitative estimate of drug-likeness (QED) is 0.531. The fourth-order valence-electron chi connectivity index (χ4n) is 5.27. The molecule has 2 aliphatic rings. The van der Waals surface area contributed by atoms with Crippen molar-refractivity contribution in [1.29, 1.82) is 0 Å². The minimum atomic E-state index is -0.161. The van der Waals surface area contributed by atoms with E-state index in [9.17, 15) is 5.11 Å². The second-order valence-corrected chi connectivity index (χ2v) is 9.24. The number of rotatable bonds is 3. The van der Waals surface area contributed by atoms with Crippen molar-refractivity contribution in [3.63, 3.8) is 0 Å². The Morgan fingerprint density at radius 1 is 1.16 bits per heavy atom. The molecule has 2 saturated heterocycles. The molecule has 1 aromatic carbocycles. The summed E-state index contributed by atoms with van der Waals surface area (Å²) in [7, 11) is 1.92. The number of hydrogen-bond donors (Lipinski definition) is 1. The predicted octanol–water partition coefficient (Wildman–Crippen LogP) is 2.59. The van der Waals surface area contributed by atoms with Gasteiger partial charge in [-0.15, -0.1) is 0 Å². The highest BCUT2D eigenvalue weighted by atomic mass is 16.5. The van der Waals surface area contributed by atoms with Crippen LogP contribution in [0.3, 0.4) is 0 Å². The maximum absolute atomic E-state index is 10.1. The van der Waals surface area contributed by atoms with Crippen molar-refractivity contribution < 1.29 is 9.84 Å². The van der Waals surface area contributed by atoms with Crippen molar-refractivity contribution in [2.75, 3.05) is 24.6 Å². The Morgan fingerprint density at radius 3 is 2.75 bits per heavy atom. The molecule has 0 radical (unpaired) electrons. The zero-order chi connectivity index (χ0) is 21.9.